The normalized spacial score (nSPS) is 10.6. The predicted molar refractivity (Wildman–Crippen MR) is 102 cm³/mol. The molecule has 1 aromatic carbocycles. The van der Waals surface area contributed by atoms with Crippen LogP contribution in [0.5, 0.6) is 0 Å². The Kier molecular flexibility index (Phi) is 5.52. The maximum absolute atomic E-state index is 12.5. The largest absolute Gasteiger partial charge is 0.361 e. The third-order valence-corrected chi connectivity index (χ3v) is 4.91. The molecule has 0 aliphatic rings. The van der Waals surface area contributed by atoms with Gasteiger partial charge >= 0.3 is 0 Å². The van der Waals surface area contributed by atoms with E-state index in [-0.39, 0.29) is 5.91 Å². The number of aryl methyl sites for hydroxylation is 1. The maximum Gasteiger partial charge on any atom is 0.258 e. The van der Waals surface area contributed by atoms with Gasteiger partial charge in [-0.1, -0.05) is 16.9 Å². The van der Waals surface area contributed by atoms with Crippen molar-refractivity contribution >= 4 is 45.9 Å². The number of aromatic nitrogens is 2. The van der Waals surface area contributed by atoms with Crippen LogP contribution in [0, 0.1) is 10.5 Å². The fraction of sp³-hybridized carbons (Fsp3) is 0.118. The molecule has 24 heavy (non-hydrogen) atoms. The first-order chi connectivity index (χ1) is 11.6. The number of carbonyl (C=O) groups is 1. The van der Waals surface area contributed by atoms with Gasteiger partial charge in [0.1, 0.15) is 10.8 Å². The van der Waals surface area contributed by atoms with E-state index in [4.69, 9.17) is 4.52 Å². The molecule has 122 valence electrons. The first-order valence-corrected chi connectivity index (χ1v) is 9.25. The Morgan fingerprint density at radius 2 is 2.08 bits per heavy atom. The van der Waals surface area contributed by atoms with E-state index in [1.54, 1.807) is 18.3 Å². The number of pyridine rings is 1. The lowest BCUT2D eigenvalue weighted by atomic mass is 10.2. The highest BCUT2D eigenvalue weighted by Gasteiger charge is 2.14. The number of nitrogens with one attached hydrogen (secondary N) is 1. The Morgan fingerprint density at radius 3 is 2.79 bits per heavy atom. The number of rotatable bonds is 5. The zero-order valence-corrected chi connectivity index (χ0v) is 15.8. The smallest absolute Gasteiger partial charge is 0.258 e. The second-order valence-electron chi connectivity index (χ2n) is 5.03. The number of hydrogen-bond acceptors (Lipinski definition) is 5. The molecule has 0 radical (unpaired) electrons. The molecule has 0 unspecified atom stereocenters. The van der Waals surface area contributed by atoms with Crippen LogP contribution in [0.25, 0.3) is 0 Å². The number of anilines is 1. The third kappa shape index (κ3) is 4.35. The molecule has 3 rings (SSSR count). The van der Waals surface area contributed by atoms with Crippen molar-refractivity contribution in [3.8, 4) is 0 Å². The molecular weight excluding hydrogens is 437 g/mol. The van der Waals surface area contributed by atoms with Crippen molar-refractivity contribution < 1.29 is 9.32 Å². The van der Waals surface area contributed by atoms with Crippen LogP contribution in [0.2, 0.25) is 0 Å². The number of nitrogens with zero attached hydrogens (tertiary/aromatic N) is 2. The van der Waals surface area contributed by atoms with E-state index in [2.05, 4.69) is 38.0 Å². The highest BCUT2D eigenvalue weighted by molar-refractivity contribution is 14.1. The van der Waals surface area contributed by atoms with Crippen LogP contribution in [0.4, 0.5) is 5.69 Å². The number of amides is 1. The molecule has 0 atom stereocenters. The molecule has 1 N–H and O–H groups in total. The molecule has 1 amide bonds. The van der Waals surface area contributed by atoms with Gasteiger partial charge in [0.15, 0.2) is 0 Å². The van der Waals surface area contributed by atoms with Gasteiger partial charge in [-0.2, -0.15) is 0 Å². The van der Waals surface area contributed by atoms with Crippen molar-refractivity contribution in [1.82, 2.24) is 10.1 Å². The predicted octanol–water partition coefficient (Wildman–Crippen LogP) is 4.53. The summed E-state index contributed by atoms with van der Waals surface area (Å²) in [7, 11) is 0. The second kappa shape index (κ2) is 7.80. The van der Waals surface area contributed by atoms with Crippen LogP contribution in [0.1, 0.15) is 21.8 Å². The first kappa shape index (κ1) is 17.0. The molecule has 0 saturated carbocycles. The topological polar surface area (TPSA) is 68.0 Å². The molecular formula is C17H14IN3O2S. The first-order valence-electron chi connectivity index (χ1n) is 7.19. The minimum Gasteiger partial charge on any atom is -0.361 e. The lowest BCUT2D eigenvalue weighted by Crippen LogP contribution is -2.13. The van der Waals surface area contributed by atoms with Gasteiger partial charge in [-0.3, -0.25) is 4.79 Å². The summed E-state index contributed by atoms with van der Waals surface area (Å²) >= 11 is 3.68. The van der Waals surface area contributed by atoms with E-state index in [9.17, 15) is 4.79 Å². The van der Waals surface area contributed by atoms with Gasteiger partial charge in [-0.05, 0) is 65.9 Å². The SMILES string of the molecule is Cc1cc(CSc2ncccc2C(=O)Nc2ccc(I)cc2)no1. The number of benzene rings is 1. The monoisotopic (exact) mass is 451 g/mol. The molecule has 0 bridgehead atoms. The fourth-order valence-corrected chi connectivity index (χ4v) is 3.27. The Balaban J connectivity index is 1.72. The van der Waals surface area contributed by atoms with Crippen molar-refractivity contribution in [3.63, 3.8) is 0 Å². The Hall–Kier alpha value is -1.87. The van der Waals surface area contributed by atoms with Crippen molar-refractivity contribution in [2.24, 2.45) is 0 Å². The minimum atomic E-state index is -0.178. The summed E-state index contributed by atoms with van der Waals surface area (Å²) < 4.78 is 6.17. The number of thioether (sulfide) groups is 1. The second-order valence-corrected chi connectivity index (χ2v) is 7.24. The number of hydrogen-bond donors (Lipinski definition) is 1. The highest BCUT2D eigenvalue weighted by atomic mass is 127. The van der Waals surface area contributed by atoms with Gasteiger partial charge in [0, 0.05) is 27.3 Å². The van der Waals surface area contributed by atoms with Gasteiger partial charge in [0.25, 0.3) is 5.91 Å². The van der Waals surface area contributed by atoms with Crippen molar-refractivity contribution in [3.05, 3.63) is 69.2 Å². The summed E-state index contributed by atoms with van der Waals surface area (Å²) in [6.07, 6.45) is 1.68. The van der Waals surface area contributed by atoms with Gasteiger partial charge < -0.3 is 9.84 Å². The summed E-state index contributed by atoms with van der Waals surface area (Å²) in [5.74, 6) is 1.18. The lowest BCUT2D eigenvalue weighted by molar-refractivity contribution is 0.102. The standard InChI is InChI=1S/C17H14IN3O2S/c1-11-9-14(21-23-11)10-24-17-15(3-2-8-19-17)16(22)20-13-6-4-12(18)5-7-13/h2-9H,10H2,1H3,(H,20,22). The average molecular weight is 451 g/mol. The molecule has 3 aromatic rings. The number of halogens is 1. The van der Waals surface area contributed by atoms with Crippen molar-refractivity contribution in [2.45, 2.75) is 17.7 Å². The molecule has 0 aliphatic heterocycles. The van der Waals surface area contributed by atoms with Crippen LogP contribution in [-0.2, 0) is 5.75 Å². The van der Waals surface area contributed by atoms with E-state index in [0.717, 1.165) is 20.7 Å². The summed E-state index contributed by atoms with van der Waals surface area (Å²) in [6, 6.07) is 13.0. The zero-order chi connectivity index (χ0) is 16.9. The molecule has 0 saturated heterocycles. The van der Waals surface area contributed by atoms with Gasteiger partial charge in [0.2, 0.25) is 0 Å². The van der Waals surface area contributed by atoms with E-state index >= 15 is 0 Å². The van der Waals surface area contributed by atoms with Gasteiger partial charge in [-0.25, -0.2) is 4.98 Å². The van der Waals surface area contributed by atoms with E-state index in [1.165, 1.54) is 11.8 Å². The van der Waals surface area contributed by atoms with Crippen molar-refractivity contribution in [1.29, 1.82) is 0 Å². The van der Waals surface area contributed by atoms with E-state index in [0.29, 0.717) is 16.3 Å². The Labute approximate surface area is 157 Å². The van der Waals surface area contributed by atoms with Crippen LogP contribution >= 0.6 is 34.4 Å². The highest BCUT2D eigenvalue weighted by Crippen LogP contribution is 2.25. The fourth-order valence-electron chi connectivity index (χ4n) is 2.04. The molecule has 2 heterocycles. The van der Waals surface area contributed by atoms with E-state index in [1.807, 2.05) is 37.3 Å². The Morgan fingerprint density at radius 1 is 1.29 bits per heavy atom. The number of carbonyl (C=O) groups excluding carboxylic acids is 1. The van der Waals surface area contributed by atoms with E-state index < -0.39 is 0 Å². The summed E-state index contributed by atoms with van der Waals surface area (Å²) in [5.41, 5.74) is 2.13. The average Bonchev–Trinajstić information content (AvgIpc) is 3.01. The zero-order valence-electron chi connectivity index (χ0n) is 12.8. The third-order valence-electron chi connectivity index (χ3n) is 3.15. The molecule has 5 nitrogen and oxygen atoms in total. The molecule has 0 spiro atoms. The summed E-state index contributed by atoms with van der Waals surface area (Å²) in [4.78, 5) is 16.9. The summed E-state index contributed by atoms with van der Waals surface area (Å²) in [5, 5.41) is 7.52. The molecule has 0 aliphatic carbocycles. The quantitative estimate of drug-likeness (QED) is 0.456. The minimum absolute atomic E-state index is 0.178. The Bertz CT molecular complexity index is 849. The van der Waals surface area contributed by atoms with Gasteiger partial charge in [0.05, 0.1) is 11.3 Å². The molecule has 7 heteroatoms. The lowest BCUT2D eigenvalue weighted by Gasteiger charge is -2.08. The molecule has 2 aromatic heterocycles. The van der Waals surface area contributed by atoms with Crippen LogP contribution in [0.3, 0.4) is 0 Å². The summed E-state index contributed by atoms with van der Waals surface area (Å²) in [6.45, 7) is 1.85. The van der Waals surface area contributed by atoms with Crippen molar-refractivity contribution in [2.75, 3.05) is 5.32 Å². The maximum atomic E-state index is 12.5. The van der Waals surface area contributed by atoms with Crippen LogP contribution < -0.4 is 5.32 Å². The van der Waals surface area contributed by atoms with Crippen LogP contribution in [-0.4, -0.2) is 16.0 Å². The van der Waals surface area contributed by atoms with Crippen LogP contribution in [0.15, 0.2) is 58.2 Å². The molecule has 0 fully saturated rings. The van der Waals surface area contributed by atoms with Gasteiger partial charge in [-0.15, -0.1) is 0 Å².